The fourth-order valence-electron chi connectivity index (χ4n) is 1.73. The Morgan fingerprint density at radius 3 is 2.83 bits per heavy atom. The van der Waals surface area contributed by atoms with E-state index in [1.807, 2.05) is 0 Å². The molecule has 1 aromatic heterocycles. The highest BCUT2D eigenvalue weighted by Gasteiger charge is 2.23. The van der Waals surface area contributed by atoms with Crippen LogP contribution in [-0.4, -0.2) is 20.9 Å². The molecule has 1 aliphatic rings. The van der Waals surface area contributed by atoms with Gasteiger partial charge in [0.15, 0.2) is 0 Å². The van der Waals surface area contributed by atoms with Crippen LogP contribution in [0.2, 0.25) is 5.28 Å². The molecule has 0 bridgehead atoms. The Labute approximate surface area is 107 Å². The molecule has 0 aliphatic heterocycles. The van der Waals surface area contributed by atoms with Crippen molar-refractivity contribution in [2.75, 3.05) is 5.32 Å². The highest BCUT2D eigenvalue weighted by Crippen LogP contribution is 2.30. The Balaban J connectivity index is 2.16. The van der Waals surface area contributed by atoms with Crippen LogP contribution in [0.15, 0.2) is 18.2 Å². The summed E-state index contributed by atoms with van der Waals surface area (Å²) in [7, 11) is 0. The zero-order chi connectivity index (χ0) is 12.7. The third kappa shape index (κ3) is 2.06. The number of non-ortho nitro benzene ring substituents is 1. The van der Waals surface area contributed by atoms with Crippen LogP contribution >= 0.6 is 11.6 Å². The Kier molecular flexibility index (Phi) is 2.52. The number of benzene rings is 1. The van der Waals surface area contributed by atoms with E-state index in [4.69, 9.17) is 11.6 Å². The summed E-state index contributed by atoms with van der Waals surface area (Å²) in [5.74, 6) is 0.566. The number of nitrogens with one attached hydrogen (secondary N) is 1. The fraction of sp³-hybridized carbons (Fsp3) is 0.273. The second-order valence-corrected chi connectivity index (χ2v) is 4.56. The number of nitro benzene ring substituents is 1. The lowest BCUT2D eigenvalue weighted by molar-refractivity contribution is -0.384. The molecule has 1 saturated carbocycles. The van der Waals surface area contributed by atoms with Gasteiger partial charge in [-0.15, -0.1) is 0 Å². The van der Waals surface area contributed by atoms with Crippen LogP contribution in [0.5, 0.6) is 0 Å². The number of anilines is 1. The third-order valence-corrected chi connectivity index (χ3v) is 2.95. The van der Waals surface area contributed by atoms with Gasteiger partial charge in [-0.25, -0.2) is 9.97 Å². The molecule has 3 rings (SSSR count). The summed E-state index contributed by atoms with van der Waals surface area (Å²) in [6, 6.07) is 4.85. The summed E-state index contributed by atoms with van der Waals surface area (Å²) in [6.07, 6.45) is 2.16. The lowest BCUT2D eigenvalue weighted by Crippen LogP contribution is -2.05. The number of nitro groups is 1. The fourth-order valence-corrected chi connectivity index (χ4v) is 1.91. The van der Waals surface area contributed by atoms with Gasteiger partial charge in [-0.2, -0.15) is 0 Å². The minimum Gasteiger partial charge on any atom is -0.367 e. The topological polar surface area (TPSA) is 81.0 Å². The van der Waals surface area contributed by atoms with Crippen molar-refractivity contribution in [3.8, 4) is 0 Å². The summed E-state index contributed by atoms with van der Waals surface area (Å²) in [6.45, 7) is 0. The van der Waals surface area contributed by atoms with E-state index in [1.54, 1.807) is 6.07 Å². The molecule has 2 aromatic rings. The van der Waals surface area contributed by atoms with E-state index in [0.29, 0.717) is 22.8 Å². The van der Waals surface area contributed by atoms with Crippen molar-refractivity contribution < 1.29 is 4.92 Å². The number of rotatable bonds is 3. The maximum absolute atomic E-state index is 10.8. The quantitative estimate of drug-likeness (QED) is 0.524. The molecule has 1 N–H and O–H groups in total. The van der Waals surface area contributed by atoms with Crippen LogP contribution in [0.1, 0.15) is 12.8 Å². The summed E-state index contributed by atoms with van der Waals surface area (Å²) in [5, 5.41) is 14.7. The maximum atomic E-state index is 10.8. The van der Waals surface area contributed by atoms with Crippen LogP contribution in [0.3, 0.4) is 0 Å². The van der Waals surface area contributed by atoms with Gasteiger partial charge >= 0.3 is 0 Å². The predicted octanol–water partition coefficient (Wildman–Crippen LogP) is 2.77. The minimum atomic E-state index is -0.436. The van der Waals surface area contributed by atoms with Gasteiger partial charge in [0.2, 0.25) is 5.28 Å². The summed E-state index contributed by atoms with van der Waals surface area (Å²) < 4.78 is 0. The van der Waals surface area contributed by atoms with Crippen molar-refractivity contribution in [1.29, 1.82) is 0 Å². The Morgan fingerprint density at radius 2 is 2.17 bits per heavy atom. The molecule has 0 atom stereocenters. The molecule has 18 heavy (non-hydrogen) atoms. The second-order valence-electron chi connectivity index (χ2n) is 4.22. The smallest absolute Gasteiger partial charge is 0.270 e. The van der Waals surface area contributed by atoms with Gasteiger partial charge in [0.1, 0.15) is 5.82 Å². The highest BCUT2D eigenvalue weighted by atomic mass is 35.5. The zero-order valence-corrected chi connectivity index (χ0v) is 10.0. The van der Waals surface area contributed by atoms with E-state index >= 15 is 0 Å². The van der Waals surface area contributed by atoms with Gasteiger partial charge in [0.25, 0.3) is 5.69 Å². The van der Waals surface area contributed by atoms with Crippen LogP contribution in [-0.2, 0) is 0 Å². The van der Waals surface area contributed by atoms with Crippen LogP contribution in [0.25, 0.3) is 10.9 Å². The standard InChI is InChI=1S/C11H9ClN4O2/c12-11-14-9-4-3-7(16(17)18)5-8(9)10(15-11)13-6-1-2-6/h3-6H,1-2H2,(H,13,14,15). The van der Waals surface area contributed by atoms with Crippen molar-refractivity contribution in [3.05, 3.63) is 33.6 Å². The maximum Gasteiger partial charge on any atom is 0.270 e. The predicted molar refractivity (Wildman–Crippen MR) is 67.8 cm³/mol. The molecule has 92 valence electrons. The highest BCUT2D eigenvalue weighted by molar-refractivity contribution is 6.28. The van der Waals surface area contributed by atoms with Crippen molar-refractivity contribution in [1.82, 2.24) is 9.97 Å². The molecule has 0 saturated heterocycles. The van der Waals surface area contributed by atoms with E-state index in [2.05, 4.69) is 15.3 Å². The lowest BCUT2D eigenvalue weighted by Gasteiger charge is -2.07. The van der Waals surface area contributed by atoms with Gasteiger partial charge in [-0.1, -0.05) is 0 Å². The SMILES string of the molecule is O=[N+]([O-])c1ccc2nc(Cl)nc(NC3CC3)c2c1. The number of fused-ring (bicyclic) bond motifs is 1. The molecule has 0 unspecified atom stereocenters. The molecule has 1 heterocycles. The third-order valence-electron chi connectivity index (χ3n) is 2.78. The number of hydrogen-bond acceptors (Lipinski definition) is 5. The Bertz CT molecular complexity index is 642. The normalized spacial score (nSPS) is 14.7. The molecular weight excluding hydrogens is 256 g/mol. The molecule has 6 nitrogen and oxygen atoms in total. The van der Waals surface area contributed by atoms with Gasteiger partial charge in [-0.05, 0) is 30.5 Å². The summed E-state index contributed by atoms with van der Waals surface area (Å²) >= 11 is 5.83. The monoisotopic (exact) mass is 264 g/mol. The van der Waals surface area contributed by atoms with Crippen LogP contribution in [0, 0.1) is 10.1 Å². The van der Waals surface area contributed by atoms with E-state index in [0.717, 1.165) is 12.8 Å². The number of nitrogens with zero attached hydrogens (tertiary/aromatic N) is 3. The average molecular weight is 265 g/mol. The summed E-state index contributed by atoms with van der Waals surface area (Å²) in [5.41, 5.74) is 0.621. The molecule has 0 radical (unpaired) electrons. The molecule has 0 amide bonds. The van der Waals surface area contributed by atoms with E-state index in [-0.39, 0.29) is 11.0 Å². The van der Waals surface area contributed by atoms with Crippen molar-refractivity contribution >= 4 is 34.0 Å². The number of hydrogen-bond donors (Lipinski definition) is 1. The summed E-state index contributed by atoms with van der Waals surface area (Å²) in [4.78, 5) is 18.5. The lowest BCUT2D eigenvalue weighted by atomic mass is 10.2. The van der Waals surface area contributed by atoms with E-state index in [1.165, 1.54) is 12.1 Å². The van der Waals surface area contributed by atoms with Crippen molar-refractivity contribution in [2.45, 2.75) is 18.9 Å². The second kappa shape index (κ2) is 4.06. The Morgan fingerprint density at radius 1 is 1.39 bits per heavy atom. The molecule has 0 spiro atoms. The zero-order valence-electron chi connectivity index (χ0n) is 9.26. The average Bonchev–Trinajstić information content (AvgIpc) is 3.12. The van der Waals surface area contributed by atoms with Gasteiger partial charge in [-0.3, -0.25) is 10.1 Å². The molecular formula is C11H9ClN4O2. The first kappa shape index (κ1) is 11.2. The molecule has 1 fully saturated rings. The number of aromatic nitrogens is 2. The molecule has 7 heteroatoms. The van der Waals surface area contributed by atoms with Crippen LogP contribution < -0.4 is 5.32 Å². The van der Waals surface area contributed by atoms with Crippen molar-refractivity contribution in [3.63, 3.8) is 0 Å². The van der Waals surface area contributed by atoms with Gasteiger partial charge in [0.05, 0.1) is 10.4 Å². The van der Waals surface area contributed by atoms with E-state index in [9.17, 15) is 10.1 Å². The number of halogens is 1. The largest absolute Gasteiger partial charge is 0.367 e. The van der Waals surface area contributed by atoms with Gasteiger partial charge in [0, 0.05) is 23.6 Å². The molecule has 1 aromatic carbocycles. The van der Waals surface area contributed by atoms with Gasteiger partial charge < -0.3 is 5.32 Å². The van der Waals surface area contributed by atoms with Crippen molar-refractivity contribution in [2.24, 2.45) is 0 Å². The first-order valence-electron chi connectivity index (χ1n) is 5.52. The Hall–Kier alpha value is -1.95. The van der Waals surface area contributed by atoms with E-state index < -0.39 is 4.92 Å². The van der Waals surface area contributed by atoms with Crippen LogP contribution in [0.4, 0.5) is 11.5 Å². The first-order chi connectivity index (χ1) is 8.63. The minimum absolute atomic E-state index is 0.0206. The first-order valence-corrected chi connectivity index (χ1v) is 5.89. The molecule has 1 aliphatic carbocycles.